The highest BCUT2D eigenvalue weighted by molar-refractivity contribution is 7.99. The van der Waals surface area contributed by atoms with Crippen LogP contribution in [0.15, 0.2) is 28.3 Å². The molecule has 0 saturated heterocycles. The Morgan fingerprint density at radius 1 is 1.19 bits per heavy atom. The van der Waals surface area contributed by atoms with Gasteiger partial charge in [0, 0.05) is 26.7 Å². The van der Waals surface area contributed by atoms with Crippen molar-refractivity contribution in [1.82, 2.24) is 15.0 Å². The number of benzene rings is 1. The first-order chi connectivity index (χ1) is 9.99. The maximum Gasteiger partial charge on any atom is 0.230 e. The van der Waals surface area contributed by atoms with Crippen LogP contribution in [-0.2, 0) is 0 Å². The highest BCUT2D eigenvalue weighted by Crippen LogP contribution is 2.28. The minimum atomic E-state index is -0.642. The van der Waals surface area contributed by atoms with Crippen molar-refractivity contribution in [2.75, 3.05) is 30.9 Å². The van der Waals surface area contributed by atoms with Gasteiger partial charge in [0.1, 0.15) is 11.6 Å². The van der Waals surface area contributed by atoms with Crippen LogP contribution in [-0.4, -0.2) is 35.6 Å². The molecule has 2 rings (SSSR count). The lowest BCUT2D eigenvalue weighted by Crippen LogP contribution is -2.15. The van der Waals surface area contributed by atoms with Gasteiger partial charge in [-0.1, -0.05) is 0 Å². The molecule has 21 heavy (non-hydrogen) atoms. The second-order valence-corrected chi connectivity index (χ2v) is 5.35. The van der Waals surface area contributed by atoms with E-state index >= 15 is 0 Å². The van der Waals surface area contributed by atoms with Gasteiger partial charge in [0.15, 0.2) is 5.16 Å². The Bertz CT molecular complexity index is 636. The Labute approximate surface area is 125 Å². The summed E-state index contributed by atoms with van der Waals surface area (Å²) in [6.07, 6.45) is 0. The summed E-state index contributed by atoms with van der Waals surface area (Å²) in [5.41, 5.74) is 0. The number of hydrogen-bond acceptors (Lipinski definition) is 6. The van der Waals surface area contributed by atoms with E-state index in [-0.39, 0.29) is 4.90 Å². The molecule has 0 amide bonds. The molecule has 1 heterocycles. The number of aromatic nitrogens is 3. The summed E-state index contributed by atoms with van der Waals surface area (Å²) >= 11 is 1.02. The summed E-state index contributed by atoms with van der Waals surface area (Å²) in [7, 11) is 3.61. The van der Waals surface area contributed by atoms with Crippen molar-refractivity contribution in [1.29, 1.82) is 0 Å². The number of rotatable bonds is 5. The van der Waals surface area contributed by atoms with Gasteiger partial charge in [0.25, 0.3) is 0 Å². The summed E-state index contributed by atoms with van der Waals surface area (Å²) in [5, 5.41) is 3.34. The zero-order chi connectivity index (χ0) is 15.4. The third kappa shape index (κ3) is 4.01. The van der Waals surface area contributed by atoms with Crippen molar-refractivity contribution in [3.05, 3.63) is 29.8 Å². The molecule has 1 aromatic carbocycles. The lowest BCUT2D eigenvalue weighted by Gasteiger charge is -2.12. The smallest absolute Gasteiger partial charge is 0.230 e. The zero-order valence-electron chi connectivity index (χ0n) is 11.9. The van der Waals surface area contributed by atoms with Crippen molar-refractivity contribution in [2.45, 2.75) is 17.0 Å². The van der Waals surface area contributed by atoms with E-state index in [1.54, 1.807) is 19.0 Å². The third-order valence-electron chi connectivity index (χ3n) is 2.43. The molecule has 5 nitrogen and oxygen atoms in total. The molecule has 0 aliphatic carbocycles. The maximum atomic E-state index is 13.7. The second kappa shape index (κ2) is 6.66. The van der Waals surface area contributed by atoms with Crippen molar-refractivity contribution in [3.63, 3.8) is 0 Å². The van der Waals surface area contributed by atoms with Gasteiger partial charge in [-0.15, -0.1) is 0 Å². The average molecular weight is 311 g/mol. The van der Waals surface area contributed by atoms with Gasteiger partial charge in [-0.3, -0.25) is 0 Å². The van der Waals surface area contributed by atoms with Crippen LogP contribution in [0.1, 0.15) is 6.92 Å². The largest absolute Gasteiger partial charge is 0.354 e. The van der Waals surface area contributed by atoms with Crippen LogP contribution in [0.5, 0.6) is 0 Å². The van der Waals surface area contributed by atoms with E-state index in [2.05, 4.69) is 20.3 Å². The molecule has 0 aliphatic heterocycles. The summed E-state index contributed by atoms with van der Waals surface area (Å²) in [6, 6.07) is 3.40. The van der Waals surface area contributed by atoms with Gasteiger partial charge in [-0.25, -0.2) is 8.78 Å². The standard InChI is InChI=1S/C13H15F2N5S/c1-4-16-11-17-12(20(2)3)19-13(18-11)21-10-6-5-8(14)7-9(10)15/h5-7H,4H2,1-3H3,(H,16,17,18,19). The van der Waals surface area contributed by atoms with E-state index in [4.69, 9.17) is 0 Å². The van der Waals surface area contributed by atoms with Crippen molar-refractivity contribution < 1.29 is 8.78 Å². The fourth-order valence-electron chi connectivity index (χ4n) is 1.49. The van der Waals surface area contributed by atoms with Crippen molar-refractivity contribution >= 4 is 23.7 Å². The molecule has 8 heteroatoms. The molecule has 0 bridgehead atoms. The Kier molecular flexibility index (Phi) is 4.89. The lowest BCUT2D eigenvalue weighted by molar-refractivity contribution is 0.565. The Morgan fingerprint density at radius 3 is 2.57 bits per heavy atom. The molecule has 0 unspecified atom stereocenters. The molecular weight excluding hydrogens is 296 g/mol. The monoisotopic (exact) mass is 311 g/mol. The van der Waals surface area contributed by atoms with Gasteiger partial charge in [-0.05, 0) is 30.8 Å². The van der Waals surface area contributed by atoms with E-state index in [0.29, 0.717) is 23.6 Å². The molecule has 0 saturated carbocycles. The number of nitrogens with one attached hydrogen (secondary N) is 1. The number of nitrogens with zero attached hydrogens (tertiary/aromatic N) is 4. The molecule has 0 fully saturated rings. The Hall–Kier alpha value is -1.96. The normalized spacial score (nSPS) is 10.5. The quantitative estimate of drug-likeness (QED) is 0.916. The molecule has 2 aromatic rings. The topological polar surface area (TPSA) is 53.9 Å². The predicted octanol–water partition coefficient (Wildman–Crippen LogP) is 2.80. The van der Waals surface area contributed by atoms with Gasteiger partial charge in [-0.2, -0.15) is 15.0 Å². The van der Waals surface area contributed by atoms with E-state index in [1.807, 2.05) is 6.92 Å². The first kappa shape index (κ1) is 15.4. The van der Waals surface area contributed by atoms with Crippen LogP contribution in [0.3, 0.4) is 0 Å². The molecule has 112 valence electrons. The van der Waals surface area contributed by atoms with E-state index in [9.17, 15) is 8.78 Å². The summed E-state index contributed by atoms with van der Waals surface area (Å²) in [4.78, 5) is 14.7. The van der Waals surface area contributed by atoms with Crippen LogP contribution in [0.2, 0.25) is 0 Å². The molecule has 1 aromatic heterocycles. The van der Waals surface area contributed by atoms with E-state index in [0.717, 1.165) is 17.8 Å². The summed E-state index contributed by atoms with van der Waals surface area (Å²) in [6.45, 7) is 2.58. The van der Waals surface area contributed by atoms with Gasteiger partial charge in [0.05, 0.1) is 4.90 Å². The second-order valence-electron chi connectivity index (χ2n) is 4.34. The van der Waals surface area contributed by atoms with Gasteiger partial charge >= 0.3 is 0 Å². The van der Waals surface area contributed by atoms with Crippen molar-refractivity contribution in [2.24, 2.45) is 0 Å². The minimum Gasteiger partial charge on any atom is -0.354 e. The summed E-state index contributed by atoms with van der Waals surface area (Å²) < 4.78 is 26.6. The van der Waals surface area contributed by atoms with Crippen LogP contribution >= 0.6 is 11.8 Å². The first-order valence-corrected chi connectivity index (χ1v) is 7.11. The number of anilines is 2. The molecule has 0 radical (unpaired) electrons. The Balaban J connectivity index is 2.33. The molecular formula is C13H15F2N5S. The fraction of sp³-hybridized carbons (Fsp3) is 0.308. The van der Waals surface area contributed by atoms with Crippen LogP contribution in [0, 0.1) is 11.6 Å². The molecule has 0 atom stereocenters. The number of hydrogen-bond donors (Lipinski definition) is 1. The molecule has 1 N–H and O–H groups in total. The average Bonchev–Trinajstić information content (AvgIpc) is 2.42. The van der Waals surface area contributed by atoms with Crippen molar-refractivity contribution in [3.8, 4) is 0 Å². The minimum absolute atomic E-state index is 0.259. The highest BCUT2D eigenvalue weighted by atomic mass is 32.2. The van der Waals surface area contributed by atoms with E-state index in [1.165, 1.54) is 12.1 Å². The SMILES string of the molecule is CCNc1nc(Sc2ccc(F)cc2F)nc(N(C)C)n1. The molecule has 0 aliphatic rings. The molecule has 0 spiro atoms. The van der Waals surface area contributed by atoms with E-state index < -0.39 is 11.6 Å². The summed E-state index contributed by atoms with van der Waals surface area (Å²) in [5.74, 6) is -0.376. The fourth-order valence-corrected chi connectivity index (χ4v) is 2.23. The highest BCUT2D eigenvalue weighted by Gasteiger charge is 2.12. The van der Waals surface area contributed by atoms with Gasteiger partial charge in [0.2, 0.25) is 11.9 Å². The van der Waals surface area contributed by atoms with Gasteiger partial charge < -0.3 is 10.2 Å². The van der Waals surface area contributed by atoms with Crippen LogP contribution in [0.25, 0.3) is 0 Å². The predicted molar refractivity (Wildman–Crippen MR) is 78.8 cm³/mol. The van der Waals surface area contributed by atoms with Crippen LogP contribution in [0.4, 0.5) is 20.7 Å². The van der Waals surface area contributed by atoms with Crippen LogP contribution < -0.4 is 10.2 Å². The lowest BCUT2D eigenvalue weighted by atomic mass is 10.3. The zero-order valence-corrected chi connectivity index (χ0v) is 12.7. The Morgan fingerprint density at radius 2 is 1.95 bits per heavy atom. The maximum absolute atomic E-state index is 13.7. The third-order valence-corrected chi connectivity index (χ3v) is 3.35. The number of halogens is 2. The first-order valence-electron chi connectivity index (χ1n) is 6.29.